The molecule has 108 valence electrons. The molecule has 1 aromatic carbocycles. The van der Waals surface area contributed by atoms with Gasteiger partial charge in [-0.1, -0.05) is 6.92 Å². The van der Waals surface area contributed by atoms with Crippen molar-refractivity contribution < 1.29 is 8.78 Å². The molecule has 0 aliphatic carbocycles. The van der Waals surface area contributed by atoms with Gasteiger partial charge in [0.05, 0.1) is 5.69 Å². The third-order valence-corrected chi connectivity index (χ3v) is 3.48. The van der Waals surface area contributed by atoms with Crippen LogP contribution in [-0.2, 0) is 19.9 Å². The van der Waals surface area contributed by atoms with Crippen molar-refractivity contribution in [1.82, 2.24) is 15.1 Å². The molecule has 0 fully saturated rings. The Bertz CT molecular complexity index is 593. The third kappa shape index (κ3) is 3.04. The molecule has 2 aromatic rings. The van der Waals surface area contributed by atoms with Crippen molar-refractivity contribution in [2.45, 2.75) is 25.8 Å². The largest absolute Gasteiger partial charge is 0.313 e. The van der Waals surface area contributed by atoms with Crippen molar-refractivity contribution in [2.75, 3.05) is 7.05 Å². The first kappa shape index (κ1) is 14.7. The second-order valence-corrected chi connectivity index (χ2v) is 4.82. The molecule has 1 heterocycles. The van der Waals surface area contributed by atoms with E-state index in [9.17, 15) is 8.78 Å². The van der Waals surface area contributed by atoms with Crippen LogP contribution < -0.4 is 5.32 Å². The molecule has 0 amide bonds. The van der Waals surface area contributed by atoms with Gasteiger partial charge in [0.25, 0.3) is 0 Å². The molecule has 0 aliphatic rings. The highest BCUT2D eigenvalue weighted by atomic mass is 19.1. The van der Waals surface area contributed by atoms with E-state index in [0.717, 1.165) is 29.9 Å². The summed E-state index contributed by atoms with van der Waals surface area (Å²) in [6.45, 7) is 2.04. The second kappa shape index (κ2) is 6.13. The predicted octanol–water partition coefficient (Wildman–Crippen LogP) is 2.76. The first-order valence-corrected chi connectivity index (χ1v) is 6.69. The molecule has 20 heavy (non-hydrogen) atoms. The highest BCUT2D eigenvalue weighted by molar-refractivity contribution is 5.24. The van der Waals surface area contributed by atoms with E-state index in [2.05, 4.69) is 10.4 Å². The average Bonchev–Trinajstić information content (AvgIpc) is 2.79. The van der Waals surface area contributed by atoms with Gasteiger partial charge in [-0.05, 0) is 37.7 Å². The molecule has 5 heteroatoms. The lowest BCUT2D eigenvalue weighted by atomic mass is 10.0. The minimum absolute atomic E-state index is 0.286. The Morgan fingerprint density at radius 3 is 2.65 bits per heavy atom. The van der Waals surface area contributed by atoms with Crippen LogP contribution in [0.4, 0.5) is 8.78 Å². The summed E-state index contributed by atoms with van der Waals surface area (Å²) < 4.78 is 29.0. The number of likely N-dealkylation sites (N-methyl/N-ethyl adjacent to an activating group) is 1. The number of aromatic nitrogens is 2. The molecule has 1 aromatic heterocycles. The van der Waals surface area contributed by atoms with Crippen molar-refractivity contribution in [3.05, 3.63) is 52.9 Å². The van der Waals surface area contributed by atoms with Gasteiger partial charge in [-0.15, -0.1) is 0 Å². The minimum atomic E-state index is -0.430. The molecule has 0 aliphatic heterocycles. The van der Waals surface area contributed by atoms with E-state index in [1.54, 1.807) is 11.7 Å². The summed E-state index contributed by atoms with van der Waals surface area (Å²) in [6.07, 6.45) is 1.41. The van der Waals surface area contributed by atoms with E-state index >= 15 is 0 Å². The van der Waals surface area contributed by atoms with Gasteiger partial charge in [0.2, 0.25) is 0 Å². The van der Waals surface area contributed by atoms with E-state index in [-0.39, 0.29) is 6.04 Å². The number of nitrogens with one attached hydrogen (secondary N) is 1. The first-order chi connectivity index (χ1) is 9.55. The van der Waals surface area contributed by atoms with E-state index in [1.807, 2.05) is 20.0 Å². The van der Waals surface area contributed by atoms with Gasteiger partial charge in [-0.2, -0.15) is 5.10 Å². The van der Waals surface area contributed by atoms with Crippen LogP contribution in [0.5, 0.6) is 0 Å². The number of halogens is 2. The summed E-state index contributed by atoms with van der Waals surface area (Å²) in [5.41, 5.74) is 2.33. The summed E-state index contributed by atoms with van der Waals surface area (Å²) in [6, 6.07) is 5.25. The Kier molecular flexibility index (Phi) is 4.49. The average molecular weight is 279 g/mol. The van der Waals surface area contributed by atoms with Crippen LogP contribution in [0.25, 0.3) is 0 Å². The lowest BCUT2D eigenvalue weighted by Crippen LogP contribution is -2.21. The Labute approximate surface area is 117 Å². The maximum atomic E-state index is 13.9. The topological polar surface area (TPSA) is 29.9 Å². The molecule has 0 saturated carbocycles. The molecule has 0 radical (unpaired) electrons. The Hall–Kier alpha value is -1.75. The van der Waals surface area contributed by atoms with Crippen LogP contribution in [-0.4, -0.2) is 16.8 Å². The zero-order valence-corrected chi connectivity index (χ0v) is 12.0. The minimum Gasteiger partial charge on any atom is -0.313 e. The Balaban J connectivity index is 2.28. The van der Waals surface area contributed by atoms with Crippen LogP contribution in [0.2, 0.25) is 0 Å². The molecular formula is C15H19F2N3. The number of hydrogen-bond donors (Lipinski definition) is 1. The summed E-state index contributed by atoms with van der Waals surface area (Å²) in [4.78, 5) is 0. The second-order valence-electron chi connectivity index (χ2n) is 4.82. The fraction of sp³-hybridized carbons (Fsp3) is 0.400. The van der Waals surface area contributed by atoms with Gasteiger partial charge in [0.15, 0.2) is 0 Å². The lowest BCUT2D eigenvalue weighted by Gasteiger charge is -2.17. The van der Waals surface area contributed by atoms with Crippen LogP contribution in [0.1, 0.15) is 29.9 Å². The van der Waals surface area contributed by atoms with Gasteiger partial charge >= 0.3 is 0 Å². The van der Waals surface area contributed by atoms with E-state index in [0.29, 0.717) is 12.0 Å². The summed E-state index contributed by atoms with van der Waals surface area (Å²) in [7, 11) is 3.61. The van der Waals surface area contributed by atoms with Gasteiger partial charge in [0, 0.05) is 30.8 Å². The van der Waals surface area contributed by atoms with Crippen molar-refractivity contribution in [2.24, 2.45) is 7.05 Å². The van der Waals surface area contributed by atoms with Crippen LogP contribution in [0, 0.1) is 11.6 Å². The van der Waals surface area contributed by atoms with Crippen molar-refractivity contribution >= 4 is 0 Å². The fourth-order valence-corrected chi connectivity index (χ4v) is 2.29. The maximum absolute atomic E-state index is 13.9. The zero-order valence-electron chi connectivity index (χ0n) is 12.0. The van der Waals surface area contributed by atoms with E-state index in [4.69, 9.17) is 0 Å². The zero-order chi connectivity index (χ0) is 14.7. The highest BCUT2D eigenvalue weighted by Crippen LogP contribution is 2.22. The van der Waals surface area contributed by atoms with Gasteiger partial charge in [-0.3, -0.25) is 4.68 Å². The molecule has 3 nitrogen and oxygen atoms in total. The molecule has 1 N–H and O–H groups in total. The molecule has 0 spiro atoms. The van der Waals surface area contributed by atoms with Crippen LogP contribution >= 0.6 is 0 Å². The summed E-state index contributed by atoms with van der Waals surface area (Å²) in [5, 5.41) is 7.41. The predicted molar refractivity (Wildman–Crippen MR) is 74.4 cm³/mol. The molecule has 1 unspecified atom stereocenters. The third-order valence-electron chi connectivity index (χ3n) is 3.48. The number of aryl methyl sites for hydroxylation is 2. The fourth-order valence-electron chi connectivity index (χ4n) is 2.29. The molecule has 1 atom stereocenters. The van der Waals surface area contributed by atoms with E-state index < -0.39 is 11.6 Å². The summed E-state index contributed by atoms with van der Waals surface area (Å²) in [5.74, 6) is -0.829. The smallest absolute Gasteiger partial charge is 0.128 e. The maximum Gasteiger partial charge on any atom is 0.128 e. The standard InChI is InChI=1S/C15H19F2N3/c1-4-11-8-12(20(3)19-11)9-15(18-2)13-7-10(16)5-6-14(13)17/h5-8,15,18H,4,9H2,1-3H3. The Morgan fingerprint density at radius 2 is 2.05 bits per heavy atom. The van der Waals surface area contributed by atoms with Gasteiger partial charge < -0.3 is 5.32 Å². The number of benzene rings is 1. The van der Waals surface area contributed by atoms with Crippen molar-refractivity contribution in [3.8, 4) is 0 Å². The highest BCUT2D eigenvalue weighted by Gasteiger charge is 2.17. The van der Waals surface area contributed by atoms with Gasteiger partial charge in [0.1, 0.15) is 11.6 Å². The molecular weight excluding hydrogens is 260 g/mol. The van der Waals surface area contributed by atoms with E-state index in [1.165, 1.54) is 6.07 Å². The quantitative estimate of drug-likeness (QED) is 0.912. The lowest BCUT2D eigenvalue weighted by molar-refractivity contribution is 0.511. The van der Waals surface area contributed by atoms with Crippen molar-refractivity contribution in [3.63, 3.8) is 0 Å². The number of rotatable bonds is 5. The first-order valence-electron chi connectivity index (χ1n) is 6.69. The van der Waals surface area contributed by atoms with Gasteiger partial charge in [-0.25, -0.2) is 8.78 Å². The molecule has 0 saturated heterocycles. The van der Waals surface area contributed by atoms with Crippen LogP contribution in [0.3, 0.4) is 0 Å². The SMILES string of the molecule is CCc1cc(CC(NC)c2cc(F)ccc2F)n(C)n1. The molecule has 2 rings (SSSR count). The molecule has 0 bridgehead atoms. The Morgan fingerprint density at radius 1 is 1.30 bits per heavy atom. The summed E-state index contributed by atoms with van der Waals surface area (Å²) >= 11 is 0. The van der Waals surface area contributed by atoms with Crippen LogP contribution in [0.15, 0.2) is 24.3 Å². The number of nitrogens with zero attached hydrogens (tertiary/aromatic N) is 2. The monoisotopic (exact) mass is 279 g/mol. The normalized spacial score (nSPS) is 12.7. The van der Waals surface area contributed by atoms with Crippen molar-refractivity contribution in [1.29, 1.82) is 0 Å². The number of hydrogen-bond acceptors (Lipinski definition) is 2.